The van der Waals surface area contributed by atoms with Crippen LogP contribution in [0.25, 0.3) is 0 Å². The summed E-state index contributed by atoms with van der Waals surface area (Å²) in [4.78, 5) is 18.9. The predicted molar refractivity (Wildman–Crippen MR) is 94.3 cm³/mol. The highest BCUT2D eigenvalue weighted by atomic mass is 35.5. The first-order valence-electron chi connectivity index (χ1n) is 7.90. The van der Waals surface area contributed by atoms with Crippen molar-refractivity contribution >= 4 is 28.9 Å². The van der Waals surface area contributed by atoms with Gasteiger partial charge in [0.1, 0.15) is 5.69 Å². The van der Waals surface area contributed by atoms with E-state index in [-0.39, 0.29) is 5.91 Å². The number of nitrogens with one attached hydrogen (secondary N) is 1. The second kappa shape index (κ2) is 7.01. The Morgan fingerprint density at radius 2 is 2.04 bits per heavy atom. The summed E-state index contributed by atoms with van der Waals surface area (Å²) in [6.07, 6.45) is 4.19. The summed E-state index contributed by atoms with van der Waals surface area (Å²) in [6, 6.07) is 10.8. The molecule has 2 aromatic rings. The van der Waals surface area contributed by atoms with Crippen molar-refractivity contribution in [3.63, 3.8) is 0 Å². The van der Waals surface area contributed by atoms with E-state index in [1.807, 2.05) is 6.07 Å². The first-order valence-corrected chi connectivity index (χ1v) is 8.27. The average molecular weight is 330 g/mol. The van der Waals surface area contributed by atoms with Crippen LogP contribution in [0.15, 0.2) is 42.6 Å². The van der Waals surface area contributed by atoms with Gasteiger partial charge in [0.25, 0.3) is 5.91 Å². The van der Waals surface area contributed by atoms with Crippen molar-refractivity contribution in [1.29, 1.82) is 0 Å². The van der Waals surface area contributed by atoms with Crippen molar-refractivity contribution in [3.05, 3.63) is 53.3 Å². The third kappa shape index (κ3) is 4.02. The second-order valence-electron chi connectivity index (χ2n) is 6.04. The standard InChI is InChI=1S/C18H20ClN3O/c1-13-7-9-22(10-8-13)16-5-6-17(20-12-16)18(23)21-15-4-2-3-14(19)11-15/h2-6,11-13H,7-10H2,1H3,(H,21,23). The van der Waals surface area contributed by atoms with Crippen LogP contribution in [0.1, 0.15) is 30.3 Å². The number of benzene rings is 1. The lowest BCUT2D eigenvalue weighted by atomic mass is 9.99. The highest BCUT2D eigenvalue weighted by molar-refractivity contribution is 6.30. The zero-order valence-electron chi connectivity index (χ0n) is 13.1. The molecule has 1 aliphatic heterocycles. The Hall–Kier alpha value is -2.07. The van der Waals surface area contributed by atoms with Gasteiger partial charge < -0.3 is 10.2 Å². The fourth-order valence-electron chi connectivity index (χ4n) is 2.74. The number of carbonyl (C=O) groups excluding carboxylic acids is 1. The molecule has 0 spiro atoms. The first kappa shape index (κ1) is 15.8. The van der Waals surface area contributed by atoms with Crippen molar-refractivity contribution in [2.75, 3.05) is 23.3 Å². The molecule has 2 heterocycles. The minimum absolute atomic E-state index is 0.230. The van der Waals surface area contributed by atoms with Gasteiger partial charge in [-0.1, -0.05) is 24.6 Å². The first-order chi connectivity index (χ1) is 11.1. The molecule has 0 aliphatic carbocycles. The van der Waals surface area contributed by atoms with Gasteiger partial charge in [-0.05, 0) is 49.1 Å². The largest absolute Gasteiger partial charge is 0.370 e. The van der Waals surface area contributed by atoms with Gasteiger partial charge >= 0.3 is 0 Å². The van der Waals surface area contributed by atoms with Crippen LogP contribution in [-0.4, -0.2) is 24.0 Å². The van der Waals surface area contributed by atoms with Crippen molar-refractivity contribution < 1.29 is 4.79 Å². The maximum Gasteiger partial charge on any atom is 0.274 e. The lowest BCUT2D eigenvalue weighted by Crippen LogP contribution is -2.32. The third-order valence-corrected chi connectivity index (χ3v) is 4.45. The molecule has 0 unspecified atom stereocenters. The lowest BCUT2D eigenvalue weighted by molar-refractivity contribution is 0.102. The zero-order valence-corrected chi connectivity index (χ0v) is 13.9. The maximum absolute atomic E-state index is 12.2. The van der Waals surface area contributed by atoms with E-state index in [1.165, 1.54) is 12.8 Å². The highest BCUT2D eigenvalue weighted by Gasteiger charge is 2.17. The molecule has 0 saturated carbocycles. The molecular weight excluding hydrogens is 310 g/mol. The topological polar surface area (TPSA) is 45.2 Å². The predicted octanol–water partition coefficient (Wildman–Crippen LogP) is 4.22. The molecule has 1 aromatic carbocycles. The summed E-state index contributed by atoms with van der Waals surface area (Å²) < 4.78 is 0. The lowest BCUT2D eigenvalue weighted by Gasteiger charge is -2.31. The van der Waals surface area contributed by atoms with E-state index in [1.54, 1.807) is 36.5 Å². The quantitative estimate of drug-likeness (QED) is 0.916. The highest BCUT2D eigenvalue weighted by Crippen LogP contribution is 2.22. The Morgan fingerprint density at radius 3 is 2.70 bits per heavy atom. The molecule has 3 rings (SSSR count). The number of halogens is 1. The monoisotopic (exact) mass is 329 g/mol. The molecule has 0 radical (unpaired) electrons. The van der Waals surface area contributed by atoms with Crippen LogP contribution in [0.2, 0.25) is 5.02 Å². The van der Waals surface area contributed by atoms with Gasteiger partial charge in [-0.2, -0.15) is 0 Å². The van der Waals surface area contributed by atoms with Crippen LogP contribution in [0.4, 0.5) is 11.4 Å². The van der Waals surface area contributed by atoms with E-state index >= 15 is 0 Å². The molecule has 0 bridgehead atoms. The molecule has 120 valence electrons. The minimum Gasteiger partial charge on any atom is -0.370 e. The van der Waals surface area contributed by atoms with Crippen LogP contribution < -0.4 is 10.2 Å². The summed E-state index contributed by atoms with van der Waals surface area (Å²) in [6.45, 7) is 4.40. The normalized spacial score (nSPS) is 15.5. The van der Waals surface area contributed by atoms with Gasteiger partial charge in [0, 0.05) is 23.8 Å². The molecule has 1 aromatic heterocycles. The van der Waals surface area contributed by atoms with E-state index < -0.39 is 0 Å². The van der Waals surface area contributed by atoms with E-state index in [4.69, 9.17) is 11.6 Å². The SMILES string of the molecule is CC1CCN(c2ccc(C(=O)Nc3cccc(Cl)c3)nc2)CC1. The summed E-state index contributed by atoms with van der Waals surface area (Å²) in [5.74, 6) is 0.563. The van der Waals surface area contributed by atoms with Crippen molar-refractivity contribution in [3.8, 4) is 0 Å². The van der Waals surface area contributed by atoms with Crippen LogP contribution in [0.5, 0.6) is 0 Å². The van der Waals surface area contributed by atoms with Gasteiger partial charge in [-0.15, -0.1) is 0 Å². The number of aromatic nitrogens is 1. The van der Waals surface area contributed by atoms with Crippen LogP contribution in [-0.2, 0) is 0 Å². The van der Waals surface area contributed by atoms with E-state index in [2.05, 4.69) is 22.1 Å². The fourth-order valence-corrected chi connectivity index (χ4v) is 2.93. The Morgan fingerprint density at radius 1 is 1.26 bits per heavy atom. The van der Waals surface area contributed by atoms with Gasteiger partial charge in [-0.25, -0.2) is 4.98 Å². The molecule has 1 amide bonds. The molecule has 1 fully saturated rings. The van der Waals surface area contributed by atoms with Crippen molar-refractivity contribution in [2.24, 2.45) is 5.92 Å². The number of pyridine rings is 1. The summed E-state index contributed by atoms with van der Waals surface area (Å²) in [5.41, 5.74) is 2.15. The van der Waals surface area contributed by atoms with E-state index in [9.17, 15) is 4.79 Å². The number of hydrogen-bond acceptors (Lipinski definition) is 3. The number of piperidine rings is 1. The number of rotatable bonds is 3. The number of hydrogen-bond donors (Lipinski definition) is 1. The van der Waals surface area contributed by atoms with E-state index in [0.717, 1.165) is 24.7 Å². The maximum atomic E-state index is 12.2. The van der Waals surface area contributed by atoms with Crippen LogP contribution in [0.3, 0.4) is 0 Å². The Kier molecular flexibility index (Phi) is 4.82. The fraction of sp³-hybridized carbons (Fsp3) is 0.333. The van der Waals surface area contributed by atoms with Crippen LogP contribution in [0, 0.1) is 5.92 Å². The van der Waals surface area contributed by atoms with Gasteiger partial charge in [0.05, 0.1) is 11.9 Å². The molecule has 1 aliphatic rings. The third-order valence-electron chi connectivity index (χ3n) is 4.21. The second-order valence-corrected chi connectivity index (χ2v) is 6.47. The Balaban J connectivity index is 1.65. The summed E-state index contributed by atoms with van der Waals surface area (Å²) in [7, 11) is 0. The number of anilines is 2. The smallest absolute Gasteiger partial charge is 0.274 e. The summed E-state index contributed by atoms with van der Waals surface area (Å²) in [5, 5.41) is 3.39. The van der Waals surface area contributed by atoms with Crippen molar-refractivity contribution in [1.82, 2.24) is 4.98 Å². The van der Waals surface area contributed by atoms with E-state index in [0.29, 0.717) is 16.4 Å². The molecule has 5 heteroatoms. The average Bonchev–Trinajstić information content (AvgIpc) is 2.56. The molecule has 0 atom stereocenters. The summed E-state index contributed by atoms with van der Waals surface area (Å²) >= 11 is 5.92. The number of amides is 1. The molecule has 23 heavy (non-hydrogen) atoms. The molecule has 4 nitrogen and oxygen atoms in total. The molecule has 1 N–H and O–H groups in total. The van der Waals surface area contributed by atoms with Gasteiger partial charge in [0.2, 0.25) is 0 Å². The van der Waals surface area contributed by atoms with Gasteiger partial charge in [-0.3, -0.25) is 4.79 Å². The van der Waals surface area contributed by atoms with Gasteiger partial charge in [0.15, 0.2) is 0 Å². The Bertz CT molecular complexity index is 679. The molecule has 1 saturated heterocycles. The molecular formula is C18H20ClN3O. The van der Waals surface area contributed by atoms with Crippen molar-refractivity contribution in [2.45, 2.75) is 19.8 Å². The number of nitrogens with zero attached hydrogens (tertiary/aromatic N) is 2. The Labute approximate surface area is 141 Å². The number of carbonyl (C=O) groups is 1. The zero-order chi connectivity index (χ0) is 16.2. The minimum atomic E-state index is -0.230. The van der Waals surface area contributed by atoms with Crippen LogP contribution >= 0.6 is 11.6 Å².